The lowest BCUT2D eigenvalue weighted by molar-refractivity contribution is -0.113. The lowest BCUT2D eigenvalue weighted by atomic mass is 9.88. The molecule has 1 aromatic carbocycles. The molecule has 1 aliphatic carbocycles. The predicted molar refractivity (Wildman–Crippen MR) is 136 cm³/mol. The fourth-order valence-electron chi connectivity index (χ4n) is 3.74. The molecule has 1 atom stereocenters. The van der Waals surface area contributed by atoms with Gasteiger partial charge in [-0.3, -0.25) is 4.79 Å². The topological polar surface area (TPSA) is 81.2 Å². The van der Waals surface area contributed by atoms with Gasteiger partial charge in [-0.1, -0.05) is 46.7 Å². The van der Waals surface area contributed by atoms with Crippen molar-refractivity contribution in [2.24, 2.45) is 5.92 Å². The van der Waals surface area contributed by atoms with Crippen LogP contribution in [0, 0.1) is 5.92 Å². The van der Waals surface area contributed by atoms with Crippen molar-refractivity contribution in [1.29, 1.82) is 0 Å². The van der Waals surface area contributed by atoms with Gasteiger partial charge in [0.05, 0.1) is 23.6 Å². The average molecular weight is 547 g/mol. The highest BCUT2D eigenvalue weighted by Crippen LogP contribution is 2.40. The van der Waals surface area contributed by atoms with Gasteiger partial charge >= 0.3 is 5.97 Å². The molecule has 1 aliphatic rings. The first-order valence-electron chi connectivity index (χ1n) is 10.8. The molecule has 2 heterocycles. The van der Waals surface area contributed by atoms with Crippen LogP contribution < -0.4 is 5.32 Å². The van der Waals surface area contributed by atoms with Crippen LogP contribution in [-0.4, -0.2) is 34.2 Å². The highest BCUT2D eigenvalue weighted by molar-refractivity contribution is 9.10. The van der Waals surface area contributed by atoms with Crippen LogP contribution in [0.15, 0.2) is 46.2 Å². The van der Waals surface area contributed by atoms with Gasteiger partial charge < -0.3 is 10.1 Å². The molecule has 0 radical (unpaired) electrons. The molecular weight excluding hydrogens is 522 g/mol. The zero-order valence-corrected chi connectivity index (χ0v) is 21.6. The van der Waals surface area contributed by atoms with E-state index in [-0.39, 0.29) is 17.6 Å². The number of amides is 1. The number of anilines is 1. The van der Waals surface area contributed by atoms with Crippen LogP contribution in [0.25, 0.3) is 11.3 Å². The van der Waals surface area contributed by atoms with Crippen LogP contribution in [-0.2, 0) is 22.4 Å². The van der Waals surface area contributed by atoms with E-state index in [2.05, 4.69) is 38.1 Å². The molecule has 0 fully saturated rings. The van der Waals surface area contributed by atoms with Crippen molar-refractivity contribution >= 4 is 55.9 Å². The van der Waals surface area contributed by atoms with E-state index in [1.807, 2.05) is 30.3 Å². The van der Waals surface area contributed by atoms with Crippen LogP contribution in [0.3, 0.4) is 0 Å². The minimum Gasteiger partial charge on any atom is -0.462 e. The Morgan fingerprint density at radius 2 is 2.06 bits per heavy atom. The van der Waals surface area contributed by atoms with Crippen LogP contribution in [0.5, 0.6) is 0 Å². The second-order valence-corrected chi connectivity index (χ2v) is 10.8. The molecule has 0 saturated heterocycles. The van der Waals surface area contributed by atoms with E-state index < -0.39 is 0 Å². The number of nitrogens with zero attached hydrogens (tertiary/aromatic N) is 2. The molecule has 1 N–H and O–H groups in total. The van der Waals surface area contributed by atoms with Gasteiger partial charge in [0.15, 0.2) is 5.16 Å². The third-order valence-corrected chi connectivity index (χ3v) is 7.91. The highest BCUT2D eigenvalue weighted by atomic mass is 79.9. The van der Waals surface area contributed by atoms with E-state index in [1.165, 1.54) is 28.0 Å². The van der Waals surface area contributed by atoms with E-state index in [4.69, 9.17) is 4.74 Å². The lowest BCUT2D eigenvalue weighted by Gasteiger charge is -2.18. The summed E-state index contributed by atoms with van der Waals surface area (Å²) in [5.41, 5.74) is 3.33. The minimum atomic E-state index is -0.363. The molecule has 0 saturated carbocycles. The molecule has 0 unspecified atom stereocenters. The number of nitrogens with one attached hydrogen (secondary N) is 1. The van der Waals surface area contributed by atoms with Crippen molar-refractivity contribution in [2.45, 2.75) is 38.3 Å². The van der Waals surface area contributed by atoms with Crippen molar-refractivity contribution in [2.75, 3.05) is 17.7 Å². The number of thioether (sulfide) groups is 1. The molecule has 0 bridgehead atoms. The van der Waals surface area contributed by atoms with Crippen LogP contribution in [0.2, 0.25) is 0 Å². The highest BCUT2D eigenvalue weighted by Gasteiger charge is 2.29. The number of benzene rings is 1. The Hall–Kier alpha value is -2.23. The van der Waals surface area contributed by atoms with Crippen LogP contribution in [0.1, 0.15) is 41.1 Å². The normalized spacial score (nSPS) is 15.1. The second kappa shape index (κ2) is 10.8. The summed E-state index contributed by atoms with van der Waals surface area (Å²) in [6.45, 7) is 4.30. The standard InChI is InChI=1S/C24H24BrN3O3S2/c1-3-31-23(30)21-17-9-4-14(2)12-19(17)33-22(21)28-20(29)13-32-24-26-11-10-18(27-24)15-5-7-16(25)8-6-15/h5-8,10-11,14H,3-4,9,12-13H2,1-2H3,(H,28,29)/t14-/m0/s1. The number of hydrogen-bond acceptors (Lipinski definition) is 7. The maximum atomic E-state index is 12.7. The number of fused-ring (bicyclic) bond motifs is 1. The SMILES string of the molecule is CCOC(=O)c1c(NC(=O)CSc2nccc(-c3ccc(Br)cc3)n2)sc2c1CC[C@H](C)C2. The van der Waals surface area contributed by atoms with Crippen LogP contribution in [0.4, 0.5) is 5.00 Å². The number of halogens is 1. The smallest absolute Gasteiger partial charge is 0.341 e. The Kier molecular flexibility index (Phi) is 7.82. The van der Waals surface area contributed by atoms with Crippen molar-refractivity contribution in [3.8, 4) is 11.3 Å². The minimum absolute atomic E-state index is 0.144. The molecule has 0 aliphatic heterocycles. The predicted octanol–water partition coefficient (Wildman–Crippen LogP) is 6.00. The summed E-state index contributed by atoms with van der Waals surface area (Å²) >= 11 is 6.19. The summed E-state index contributed by atoms with van der Waals surface area (Å²) in [6, 6.07) is 9.71. The molecule has 4 rings (SSSR count). The molecule has 1 amide bonds. The van der Waals surface area contributed by atoms with Gasteiger partial charge in [0, 0.05) is 21.1 Å². The van der Waals surface area contributed by atoms with E-state index in [9.17, 15) is 9.59 Å². The number of carbonyl (C=O) groups excluding carboxylic acids is 2. The van der Waals surface area contributed by atoms with Gasteiger partial charge in [0.2, 0.25) is 5.91 Å². The van der Waals surface area contributed by atoms with Gasteiger partial charge in [-0.25, -0.2) is 14.8 Å². The van der Waals surface area contributed by atoms with E-state index >= 15 is 0 Å². The summed E-state index contributed by atoms with van der Waals surface area (Å²) in [7, 11) is 0. The fraction of sp³-hybridized carbons (Fsp3) is 0.333. The number of thiophene rings is 1. The third-order valence-electron chi connectivity index (χ3n) is 5.35. The molecular formula is C24H24BrN3O3S2. The van der Waals surface area contributed by atoms with Crippen molar-refractivity contribution in [1.82, 2.24) is 9.97 Å². The summed E-state index contributed by atoms with van der Waals surface area (Å²) in [5.74, 6) is 0.152. The molecule has 33 heavy (non-hydrogen) atoms. The average Bonchev–Trinajstić information content (AvgIpc) is 3.15. The van der Waals surface area contributed by atoms with E-state index in [0.29, 0.717) is 28.2 Å². The number of esters is 1. The zero-order chi connectivity index (χ0) is 23.4. The number of rotatable bonds is 7. The first-order valence-corrected chi connectivity index (χ1v) is 13.4. The molecule has 3 aromatic rings. The van der Waals surface area contributed by atoms with Gasteiger partial charge in [-0.15, -0.1) is 11.3 Å². The number of ether oxygens (including phenoxy) is 1. The molecule has 9 heteroatoms. The van der Waals surface area contributed by atoms with E-state index in [1.54, 1.807) is 13.1 Å². The first-order chi connectivity index (χ1) is 15.9. The van der Waals surface area contributed by atoms with Gasteiger partial charge in [-0.2, -0.15) is 0 Å². The molecule has 2 aromatic heterocycles. The molecule has 172 valence electrons. The fourth-order valence-corrected chi connectivity index (χ4v) is 6.05. The van der Waals surface area contributed by atoms with Crippen LogP contribution >= 0.6 is 39.0 Å². The Morgan fingerprint density at radius 1 is 1.27 bits per heavy atom. The number of aromatic nitrogens is 2. The van der Waals surface area contributed by atoms with Gasteiger partial charge in [0.1, 0.15) is 5.00 Å². The first kappa shape index (κ1) is 23.9. The zero-order valence-electron chi connectivity index (χ0n) is 18.4. The Balaban J connectivity index is 1.46. The Labute approximate surface area is 209 Å². The lowest BCUT2D eigenvalue weighted by Crippen LogP contribution is -2.17. The maximum absolute atomic E-state index is 12.7. The summed E-state index contributed by atoms with van der Waals surface area (Å²) in [6.07, 6.45) is 4.49. The Bertz CT molecular complexity index is 1160. The molecule has 6 nitrogen and oxygen atoms in total. The largest absolute Gasteiger partial charge is 0.462 e. The van der Waals surface area contributed by atoms with E-state index in [0.717, 1.165) is 40.6 Å². The van der Waals surface area contributed by atoms with Crippen molar-refractivity contribution < 1.29 is 14.3 Å². The third kappa shape index (κ3) is 5.83. The summed E-state index contributed by atoms with van der Waals surface area (Å²) in [5, 5.41) is 4.05. The van der Waals surface area contributed by atoms with Crippen molar-refractivity contribution in [3.05, 3.63) is 57.0 Å². The monoisotopic (exact) mass is 545 g/mol. The summed E-state index contributed by atoms with van der Waals surface area (Å²) in [4.78, 5) is 35.4. The van der Waals surface area contributed by atoms with Gasteiger partial charge in [0.25, 0.3) is 0 Å². The number of carbonyl (C=O) groups is 2. The van der Waals surface area contributed by atoms with Gasteiger partial charge in [-0.05, 0) is 55.9 Å². The summed E-state index contributed by atoms with van der Waals surface area (Å²) < 4.78 is 6.28. The maximum Gasteiger partial charge on any atom is 0.341 e. The molecule has 0 spiro atoms. The van der Waals surface area contributed by atoms with Crippen molar-refractivity contribution in [3.63, 3.8) is 0 Å². The quantitative estimate of drug-likeness (QED) is 0.223. The Morgan fingerprint density at radius 3 is 2.82 bits per heavy atom. The second-order valence-electron chi connectivity index (χ2n) is 7.84. The number of hydrogen-bond donors (Lipinski definition) is 1.